The van der Waals surface area contributed by atoms with E-state index in [1.165, 1.54) is 25.7 Å². The van der Waals surface area contributed by atoms with Gasteiger partial charge >= 0.3 is 5.97 Å². The maximum Gasteiger partial charge on any atom is 0.314 e. The number of carboxylic acid groups (broad SMARTS) is 1. The van der Waals surface area contributed by atoms with E-state index in [2.05, 4.69) is 15.7 Å². The number of piperidine rings is 1. The highest BCUT2D eigenvalue weighted by Gasteiger charge is 2.48. The van der Waals surface area contributed by atoms with Crippen LogP contribution in [-0.4, -0.2) is 59.2 Å². The van der Waals surface area contributed by atoms with Gasteiger partial charge in [0.1, 0.15) is 17.3 Å². The largest absolute Gasteiger partial charge is 0.481 e. The van der Waals surface area contributed by atoms with Gasteiger partial charge in [0, 0.05) is 19.2 Å². The van der Waals surface area contributed by atoms with Crippen LogP contribution in [0.5, 0.6) is 0 Å². The Morgan fingerprint density at radius 1 is 1.21 bits per heavy atom. The number of imidazole rings is 1. The molecule has 4 N–H and O–H groups in total. The van der Waals surface area contributed by atoms with Crippen LogP contribution in [0.1, 0.15) is 73.4 Å². The van der Waals surface area contributed by atoms with Crippen molar-refractivity contribution < 1.29 is 19.8 Å². The molecule has 0 aromatic carbocycles. The number of aryl methyl sites for hydroxylation is 1. The van der Waals surface area contributed by atoms with Crippen LogP contribution < -0.4 is 10.6 Å². The Bertz CT molecular complexity index is 1330. The average molecular weight is 522 g/mol. The zero-order valence-corrected chi connectivity index (χ0v) is 21.6. The Hall–Kier alpha value is -3.31. The molecule has 0 bridgehead atoms. The number of carbonyl (C=O) groups is 2. The van der Waals surface area contributed by atoms with E-state index in [0.717, 1.165) is 5.69 Å². The van der Waals surface area contributed by atoms with Crippen LogP contribution >= 0.6 is 0 Å². The quantitative estimate of drug-likeness (QED) is 0.317. The summed E-state index contributed by atoms with van der Waals surface area (Å²) in [6.45, 7) is 3.15. The van der Waals surface area contributed by atoms with E-state index in [4.69, 9.17) is 10.1 Å². The van der Waals surface area contributed by atoms with Crippen LogP contribution in [0.3, 0.4) is 0 Å². The summed E-state index contributed by atoms with van der Waals surface area (Å²) in [5, 5.41) is 35.7. The first kappa shape index (κ1) is 25.0. The van der Waals surface area contributed by atoms with E-state index in [0.29, 0.717) is 60.7 Å². The van der Waals surface area contributed by atoms with Gasteiger partial charge in [0.25, 0.3) is 5.91 Å². The van der Waals surface area contributed by atoms with Gasteiger partial charge in [-0.15, -0.1) is 0 Å². The van der Waals surface area contributed by atoms with Gasteiger partial charge in [-0.2, -0.15) is 10.2 Å². The number of amides is 1. The van der Waals surface area contributed by atoms with Crippen molar-refractivity contribution in [1.82, 2.24) is 35.0 Å². The molecule has 2 aliphatic carbocycles. The van der Waals surface area contributed by atoms with Gasteiger partial charge in [0.15, 0.2) is 5.65 Å². The fourth-order valence-corrected chi connectivity index (χ4v) is 6.22. The van der Waals surface area contributed by atoms with E-state index in [1.807, 2.05) is 19.2 Å². The van der Waals surface area contributed by atoms with Crippen molar-refractivity contribution in [3.63, 3.8) is 0 Å². The summed E-state index contributed by atoms with van der Waals surface area (Å²) in [6, 6.07) is 5.11. The molecule has 2 saturated carbocycles. The van der Waals surface area contributed by atoms with Gasteiger partial charge in [-0.1, -0.05) is 0 Å². The lowest BCUT2D eigenvalue weighted by Crippen LogP contribution is -2.55. The third-order valence-electron chi connectivity index (χ3n) is 8.55. The monoisotopic (exact) mass is 521 g/mol. The predicted molar refractivity (Wildman–Crippen MR) is 137 cm³/mol. The number of aromatic nitrogens is 5. The lowest BCUT2D eigenvalue weighted by atomic mass is 9.75. The molecule has 1 aliphatic heterocycles. The minimum Gasteiger partial charge on any atom is -0.481 e. The Morgan fingerprint density at radius 2 is 1.97 bits per heavy atom. The first-order valence-corrected chi connectivity index (χ1v) is 13.7. The summed E-state index contributed by atoms with van der Waals surface area (Å²) < 4.78 is 3.37. The fraction of sp³-hybridized carbons (Fsp3) is 0.593. The minimum absolute atomic E-state index is 0.105. The lowest BCUT2D eigenvalue weighted by Gasteiger charge is -2.38. The number of nitrogens with one attached hydrogen (secondary N) is 2. The number of nitrogens with zero attached hydrogens (tertiary/aromatic N) is 5. The fourth-order valence-electron chi connectivity index (χ4n) is 6.22. The molecule has 1 saturated heterocycles. The molecule has 0 radical (unpaired) electrons. The summed E-state index contributed by atoms with van der Waals surface area (Å²) in [7, 11) is 0. The Kier molecular flexibility index (Phi) is 6.43. The van der Waals surface area contributed by atoms with Crippen molar-refractivity contribution in [2.45, 2.75) is 70.7 Å². The Balaban J connectivity index is 1.32. The number of fused-ring (bicyclic) bond motifs is 1. The van der Waals surface area contributed by atoms with Gasteiger partial charge < -0.3 is 15.5 Å². The van der Waals surface area contributed by atoms with E-state index in [1.54, 1.807) is 27.5 Å². The van der Waals surface area contributed by atoms with E-state index >= 15 is 0 Å². The first-order chi connectivity index (χ1) is 18.4. The molecule has 11 nitrogen and oxygen atoms in total. The number of carbonyl (C=O) groups excluding carboxylic acids is 1. The summed E-state index contributed by atoms with van der Waals surface area (Å²) >= 11 is 0. The average Bonchev–Trinajstić information content (AvgIpc) is 3.83. The topological polar surface area (TPSA) is 147 Å². The van der Waals surface area contributed by atoms with Crippen LogP contribution in [0.15, 0.2) is 30.6 Å². The molecule has 0 spiro atoms. The highest BCUT2D eigenvalue weighted by atomic mass is 16.4. The van der Waals surface area contributed by atoms with Gasteiger partial charge in [-0.25, -0.2) is 9.50 Å². The molecule has 6 rings (SSSR count). The summed E-state index contributed by atoms with van der Waals surface area (Å²) in [6.07, 6.45) is 8.20. The van der Waals surface area contributed by atoms with Crippen LogP contribution in [-0.2, 0) is 17.8 Å². The minimum atomic E-state index is -1.33. The molecule has 3 aromatic heterocycles. The van der Waals surface area contributed by atoms with Gasteiger partial charge in [-0.3, -0.25) is 19.6 Å². The molecule has 3 aromatic rings. The van der Waals surface area contributed by atoms with Gasteiger partial charge in [0.2, 0.25) is 0 Å². The third-order valence-corrected chi connectivity index (χ3v) is 8.55. The van der Waals surface area contributed by atoms with Crippen molar-refractivity contribution >= 4 is 17.5 Å². The molecule has 4 heterocycles. The molecule has 3 atom stereocenters. The number of carboxylic acids is 1. The molecule has 11 heteroatoms. The van der Waals surface area contributed by atoms with Crippen molar-refractivity contribution in [2.75, 3.05) is 6.54 Å². The number of hydrogen-bond donors (Lipinski definition) is 4. The summed E-state index contributed by atoms with van der Waals surface area (Å²) in [4.78, 5) is 30.5. The maximum absolute atomic E-state index is 13.4. The first-order valence-electron chi connectivity index (χ1n) is 13.7. The predicted octanol–water partition coefficient (Wildman–Crippen LogP) is 2.17. The zero-order valence-electron chi connectivity index (χ0n) is 21.6. The van der Waals surface area contributed by atoms with E-state index in [9.17, 15) is 19.8 Å². The van der Waals surface area contributed by atoms with Crippen molar-refractivity contribution in [3.8, 4) is 0 Å². The SMILES string of the molecule is CCn1nccc1C(=O)N[C@H](c1cn2nc(CC3(C(=O)O)CCCNC3O)ccc2n1)C(C1CC1)C1CC1. The van der Waals surface area contributed by atoms with E-state index < -0.39 is 17.6 Å². The second kappa shape index (κ2) is 9.77. The van der Waals surface area contributed by atoms with Crippen LogP contribution in [0, 0.1) is 23.2 Å². The maximum atomic E-state index is 13.4. The number of aliphatic hydroxyl groups is 1. The van der Waals surface area contributed by atoms with E-state index in [-0.39, 0.29) is 18.4 Å². The molecular weight excluding hydrogens is 486 g/mol. The standard InChI is InChI=1S/C27H35N7O4/c1-2-33-20(10-13-29-33)24(35)31-23(22(16-4-5-16)17-6-7-17)19-15-34-21(30-19)9-8-18(32-34)14-27(26(37)38)11-3-12-28-25(27)36/h8-10,13,15-17,22-23,25,28,36H,2-7,11-12,14H2,1H3,(H,31,35)(H,37,38)/t23-,25?,27?/m1/s1. The van der Waals surface area contributed by atoms with Crippen molar-refractivity contribution in [1.29, 1.82) is 0 Å². The third kappa shape index (κ3) is 4.58. The molecule has 202 valence electrons. The van der Waals surface area contributed by atoms with Crippen molar-refractivity contribution in [3.05, 3.63) is 47.7 Å². The number of hydrogen-bond acceptors (Lipinski definition) is 7. The molecular formula is C27H35N7O4. The van der Waals surface area contributed by atoms with Crippen molar-refractivity contribution in [2.24, 2.45) is 23.2 Å². The lowest BCUT2D eigenvalue weighted by molar-refractivity contribution is -0.161. The highest BCUT2D eigenvalue weighted by molar-refractivity contribution is 5.92. The molecule has 38 heavy (non-hydrogen) atoms. The highest BCUT2D eigenvalue weighted by Crippen LogP contribution is 2.54. The van der Waals surface area contributed by atoms with Crippen LogP contribution in [0.25, 0.3) is 5.65 Å². The molecule has 2 unspecified atom stereocenters. The number of aliphatic hydroxyl groups excluding tert-OH is 1. The van der Waals surface area contributed by atoms with Gasteiger partial charge in [0.05, 0.1) is 23.6 Å². The Morgan fingerprint density at radius 3 is 2.63 bits per heavy atom. The number of aliphatic carboxylic acids is 1. The van der Waals surface area contributed by atoms with Crippen LogP contribution in [0.2, 0.25) is 0 Å². The molecule has 1 amide bonds. The second-order valence-electron chi connectivity index (χ2n) is 11.1. The zero-order chi connectivity index (χ0) is 26.4. The molecule has 3 fully saturated rings. The molecule has 3 aliphatic rings. The normalized spacial score (nSPS) is 24.6. The van der Waals surface area contributed by atoms with Gasteiger partial charge in [-0.05, 0) is 87.9 Å². The summed E-state index contributed by atoms with van der Waals surface area (Å²) in [5.74, 6) is 0.283. The number of rotatable bonds is 10. The summed E-state index contributed by atoms with van der Waals surface area (Å²) in [5.41, 5.74) is 1.18. The van der Waals surface area contributed by atoms with Crippen LogP contribution in [0.4, 0.5) is 0 Å². The smallest absolute Gasteiger partial charge is 0.314 e. The Labute approximate surface area is 220 Å². The second-order valence-corrected chi connectivity index (χ2v) is 11.1.